The molecule has 0 saturated carbocycles. The minimum atomic E-state index is 0.123. The van der Waals surface area contributed by atoms with Gasteiger partial charge in [-0.25, -0.2) is 4.98 Å². The van der Waals surface area contributed by atoms with Gasteiger partial charge in [-0.3, -0.25) is 4.79 Å². The molecule has 3 heterocycles. The molecule has 0 unspecified atom stereocenters. The molecule has 110 valence electrons. The van der Waals surface area contributed by atoms with Gasteiger partial charge in [0.15, 0.2) is 0 Å². The van der Waals surface area contributed by atoms with E-state index in [2.05, 4.69) is 23.0 Å². The van der Waals surface area contributed by atoms with Gasteiger partial charge in [-0.15, -0.1) is 0 Å². The van der Waals surface area contributed by atoms with Gasteiger partial charge in [0.05, 0.1) is 17.7 Å². The Kier molecular flexibility index (Phi) is 2.79. The van der Waals surface area contributed by atoms with E-state index in [4.69, 9.17) is 0 Å². The summed E-state index contributed by atoms with van der Waals surface area (Å²) < 4.78 is 2.03. The number of aromatic amines is 1. The minimum absolute atomic E-state index is 0.123. The Bertz CT molecular complexity index is 927. The number of hydrogen-bond acceptors (Lipinski definition) is 2. The highest BCUT2D eigenvalue weighted by atomic mass is 16.1. The van der Waals surface area contributed by atoms with Crippen LogP contribution in [0.5, 0.6) is 0 Å². The first-order valence-corrected chi connectivity index (χ1v) is 7.50. The molecule has 3 aromatic rings. The van der Waals surface area contributed by atoms with E-state index in [-0.39, 0.29) is 5.78 Å². The average Bonchev–Trinajstić information content (AvgIpc) is 3.05. The Morgan fingerprint density at radius 1 is 1.27 bits per heavy atom. The van der Waals surface area contributed by atoms with E-state index < -0.39 is 0 Å². The number of Topliss-reactive ketones (excluding diaryl/α,β-unsaturated/α-hetero) is 1. The molecule has 1 aliphatic carbocycles. The molecular formula is C18H17N3O. The highest BCUT2D eigenvalue weighted by molar-refractivity contribution is 6.13. The van der Waals surface area contributed by atoms with Crippen LogP contribution >= 0.6 is 0 Å². The number of nitrogens with zero attached hydrogens (tertiary/aromatic N) is 2. The number of H-pyrrole nitrogens is 1. The number of imidazole rings is 1. The summed E-state index contributed by atoms with van der Waals surface area (Å²) in [4.78, 5) is 20.3. The first kappa shape index (κ1) is 13.1. The van der Waals surface area contributed by atoms with Crippen LogP contribution in [0.25, 0.3) is 11.6 Å². The molecule has 0 aromatic carbocycles. The standard InChI is InChI=1S/C18H17N3O/c1-11-14-7-6-13(9-15-12(2)19-10-20-15)18(22)17(14)21-8-4-3-5-16(11)21/h3-5,8-10H,6-7H2,1-2H3,(H,19,20). The maximum absolute atomic E-state index is 13.0. The van der Waals surface area contributed by atoms with E-state index in [1.807, 2.05) is 35.7 Å². The van der Waals surface area contributed by atoms with E-state index in [0.29, 0.717) is 0 Å². The van der Waals surface area contributed by atoms with Gasteiger partial charge in [0.2, 0.25) is 5.78 Å². The van der Waals surface area contributed by atoms with Crippen LogP contribution in [0.4, 0.5) is 0 Å². The van der Waals surface area contributed by atoms with Crippen LogP contribution in [-0.2, 0) is 6.42 Å². The maximum Gasteiger partial charge on any atom is 0.206 e. The normalized spacial score (nSPS) is 16.5. The number of allylic oxidation sites excluding steroid dienone is 1. The zero-order valence-electron chi connectivity index (χ0n) is 12.7. The van der Waals surface area contributed by atoms with E-state index in [0.717, 1.165) is 41.0 Å². The minimum Gasteiger partial charge on any atom is -0.348 e. The maximum atomic E-state index is 13.0. The summed E-state index contributed by atoms with van der Waals surface area (Å²) in [5.74, 6) is 0.123. The van der Waals surface area contributed by atoms with Crippen molar-refractivity contribution in [2.45, 2.75) is 26.7 Å². The van der Waals surface area contributed by atoms with Crippen molar-refractivity contribution in [3.63, 3.8) is 0 Å². The summed E-state index contributed by atoms with van der Waals surface area (Å²) in [7, 11) is 0. The molecule has 3 aromatic heterocycles. The van der Waals surface area contributed by atoms with E-state index in [1.54, 1.807) is 6.33 Å². The van der Waals surface area contributed by atoms with Gasteiger partial charge < -0.3 is 9.38 Å². The molecular weight excluding hydrogens is 274 g/mol. The summed E-state index contributed by atoms with van der Waals surface area (Å²) in [5.41, 5.74) is 7.03. The van der Waals surface area contributed by atoms with Crippen molar-refractivity contribution in [2.24, 2.45) is 0 Å². The van der Waals surface area contributed by atoms with Crippen molar-refractivity contribution in [3.8, 4) is 0 Å². The van der Waals surface area contributed by atoms with Crippen molar-refractivity contribution in [2.75, 3.05) is 0 Å². The van der Waals surface area contributed by atoms with Gasteiger partial charge in [0, 0.05) is 23.0 Å². The molecule has 1 N–H and O–H groups in total. The quantitative estimate of drug-likeness (QED) is 0.698. The van der Waals surface area contributed by atoms with Gasteiger partial charge in [0.1, 0.15) is 0 Å². The Morgan fingerprint density at radius 2 is 2.14 bits per heavy atom. The van der Waals surface area contributed by atoms with Crippen LogP contribution in [0.1, 0.15) is 39.4 Å². The third-order valence-electron chi connectivity index (χ3n) is 4.55. The van der Waals surface area contributed by atoms with Crippen molar-refractivity contribution in [1.29, 1.82) is 0 Å². The van der Waals surface area contributed by atoms with Crippen molar-refractivity contribution >= 4 is 17.4 Å². The van der Waals surface area contributed by atoms with Gasteiger partial charge in [0.25, 0.3) is 0 Å². The third-order valence-corrected chi connectivity index (χ3v) is 4.55. The van der Waals surface area contributed by atoms with Crippen LogP contribution < -0.4 is 0 Å². The summed E-state index contributed by atoms with van der Waals surface area (Å²) in [6.07, 6.45) is 7.24. The molecule has 0 fully saturated rings. The number of nitrogens with one attached hydrogen (secondary N) is 1. The molecule has 22 heavy (non-hydrogen) atoms. The largest absolute Gasteiger partial charge is 0.348 e. The fourth-order valence-electron chi connectivity index (χ4n) is 3.32. The predicted octanol–water partition coefficient (Wildman–Crippen LogP) is 3.49. The Balaban J connectivity index is 1.89. The van der Waals surface area contributed by atoms with Crippen LogP contribution in [0.15, 0.2) is 36.3 Å². The molecule has 0 radical (unpaired) electrons. The van der Waals surface area contributed by atoms with Crippen LogP contribution in [0, 0.1) is 13.8 Å². The van der Waals surface area contributed by atoms with Gasteiger partial charge >= 0.3 is 0 Å². The predicted molar refractivity (Wildman–Crippen MR) is 86.1 cm³/mol. The number of ketones is 1. The Labute approximate surface area is 128 Å². The zero-order valence-corrected chi connectivity index (χ0v) is 12.7. The number of pyridine rings is 1. The number of carbonyl (C=O) groups excluding carboxylic acids is 1. The lowest BCUT2D eigenvalue weighted by Gasteiger charge is -2.15. The first-order chi connectivity index (χ1) is 10.7. The number of carbonyl (C=O) groups is 1. The number of hydrogen-bond donors (Lipinski definition) is 1. The lowest BCUT2D eigenvalue weighted by molar-refractivity contribution is 0.102. The highest BCUT2D eigenvalue weighted by Crippen LogP contribution is 2.32. The SMILES string of the molecule is Cc1[nH]cnc1C=C1CCc2c(C)c3ccccn3c2C1=O. The Morgan fingerprint density at radius 3 is 2.91 bits per heavy atom. The number of aryl methyl sites for hydroxylation is 2. The number of fused-ring (bicyclic) bond motifs is 3. The van der Waals surface area contributed by atoms with Crippen LogP contribution in [0.3, 0.4) is 0 Å². The van der Waals surface area contributed by atoms with Crippen molar-refractivity contribution < 1.29 is 4.79 Å². The van der Waals surface area contributed by atoms with Gasteiger partial charge in [-0.2, -0.15) is 0 Å². The summed E-state index contributed by atoms with van der Waals surface area (Å²) in [6.45, 7) is 4.07. The fraction of sp³-hybridized carbons (Fsp3) is 0.222. The second-order valence-corrected chi connectivity index (χ2v) is 5.82. The van der Waals surface area contributed by atoms with E-state index >= 15 is 0 Å². The fourth-order valence-corrected chi connectivity index (χ4v) is 3.32. The zero-order chi connectivity index (χ0) is 15.3. The highest BCUT2D eigenvalue weighted by Gasteiger charge is 2.28. The monoisotopic (exact) mass is 291 g/mol. The third kappa shape index (κ3) is 1.77. The summed E-state index contributed by atoms with van der Waals surface area (Å²) >= 11 is 0. The molecule has 0 aliphatic heterocycles. The number of aromatic nitrogens is 3. The first-order valence-electron chi connectivity index (χ1n) is 7.50. The molecule has 4 rings (SSSR count). The topological polar surface area (TPSA) is 50.2 Å². The lowest BCUT2D eigenvalue weighted by Crippen LogP contribution is -2.15. The van der Waals surface area contributed by atoms with Gasteiger partial charge in [-0.1, -0.05) is 6.07 Å². The molecule has 0 bridgehead atoms. The summed E-state index contributed by atoms with van der Waals surface area (Å²) in [6, 6.07) is 6.06. The molecule has 4 heteroatoms. The summed E-state index contributed by atoms with van der Waals surface area (Å²) in [5, 5.41) is 0. The molecule has 0 amide bonds. The second-order valence-electron chi connectivity index (χ2n) is 5.82. The number of rotatable bonds is 1. The average molecular weight is 291 g/mol. The smallest absolute Gasteiger partial charge is 0.206 e. The van der Waals surface area contributed by atoms with Crippen LogP contribution in [0.2, 0.25) is 0 Å². The molecule has 0 saturated heterocycles. The molecule has 0 spiro atoms. The molecule has 4 nitrogen and oxygen atoms in total. The molecule has 1 aliphatic rings. The van der Waals surface area contributed by atoms with E-state index in [1.165, 1.54) is 11.1 Å². The van der Waals surface area contributed by atoms with E-state index in [9.17, 15) is 4.79 Å². The Hall–Kier alpha value is -2.62. The molecule has 0 atom stereocenters. The van der Waals surface area contributed by atoms with Crippen molar-refractivity contribution in [3.05, 3.63) is 64.5 Å². The van der Waals surface area contributed by atoms with Crippen molar-refractivity contribution in [1.82, 2.24) is 14.4 Å². The van der Waals surface area contributed by atoms with Gasteiger partial charge in [-0.05, 0) is 56.0 Å². The van der Waals surface area contributed by atoms with Crippen LogP contribution in [-0.4, -0.2) is 20.2 Å². The second kappa shape index (κ2) is 4.70. The lowest BCUT2D eigenvalue weighted by atomic mass is 9.89.